The van der Waals surface area contributed by atoms with Gasteiger partial charge in [0.2, 0.25) is 0 Å². The van der Waals surface area contributed by atoms with Crippen molar-refractivity contribution in [1.82, 2.24) is 0 Å². The number of halogens is 1. The van der Waals surface area contributed by atoms with Crippen molar-refractivity contribution in [3.05, 3.63) is 0 Å². The maximum Gasteiger partial charge on any atom is 0.312 e. The summed E-state index contributed by atoms with van der Waals surface area (Å²) < 4.78 is 4.68. The van der Waals surface area contributed by atoms with E-state index in [1.165, 1.54) is 0 Å². The topological polar surface area (TPSA) is 26.3 Å². The molecule has 0 amide bonds. The van der Waals surface area contributed by atoms with Gasteiger partial charge in [0.1, 0.15) is 5.52 Å². The van der Waals surface area contributed by atoms with Gasteiger partial charge in [-0.05, 0) is 36.7 Å². The SMILES string of the molecule is CC(C)(C)C(=O)OCBr. The first-order valence-electron chi connectivity index (χ1n) is 2.71. The van der Waals surface area contributed by atoms with Gasteiger partial charge in [0.05, 0.1) is 5.41 Å². The highest BCUT2D eigenvalue weighted by Gasteiger charge is 2.22. The minimum absolute atomic E-state index is 0.181. The molecule has 0 aliphatic rings. The van der Waals surface area contributed by atoms with Crippen LogP contribution in [0.3, 0.4) is 0 Å². The summed E-state index contributed by atoms with van der Waals surface area (Å²) in [6, 6.07) is 0. The summed E-state index contributed by atoms with van der Waals surface area (Å²) in [5.41, 5.74) is -0.100. The highest BCUT2D eigenvalue weighted by Crippen LogP contribution is 2.14. The molecule has 0 bridgehead atoms. The molecule has 0 spiro atoms. The molecule has 0 aromatic rings. The van der Waals surface area contributed by atoms with Crippen LogP contribution in [0.15, 0.2) is 0 Å². The fourth-order valence-corrected chi connectivity index (χ4v) is 0.474. The minimum atomic E-state index is -0.381. The molecule has 0 aliphatic heterocycles. The predicted octanol–water partition coefficient (Wildman–Crippen LogP) is 1.93. The lowest BCUT2D eigenvalue weighted by molar-refractivity contribution is -0.150. The van der Waals surface area contributed by atoms with Crippen LogP contribution >= 0.6 is 15.9 Å². The van der Waals surface area contributed by atoms with Gasteiger partial charge in [-0.3, -0.25) is 4.79 Å². The lowest BCUT2D eigenvalue weighted by Gasteiger charge is -2.14. The number of ether oxygens (including phenoxy) is 1. The van der Waals surface area contributed by atoms with E-state index in [0.717, 1.165) is 0 Å². The number of carbonyl (C=O) groups excluding carboxylic acids is 1. The molecule has 0 heterocycles. The van der Waals surface area contributed by atoms with E-state index >= 15 is 0 Å². The number of hydrogen-bond donors (Lipinski definition) is 0. The average Bonchev–Trinajstić information content (AvgIpc) is 1.64. The molecule has 0 N–H and O–H groups in total. The Morgan fingerprint density at radius 1 is 1.56 bits per heavy atom. The third-order valence-electron chi connectivity index (χ3n) is 0.798. The van der Waals surface area contributed by atoms with Crippen LogP contribution in [-0.4, -0.2) is 11.5 Å². The molecule has 9 heavy (non-hydrogen) atoms. The van der Waals surface area contributed by atoms with E-state index in [1.54, 1.807) is 0 Å². The summed E-state index contributed by atoms with van der Waals surface area (Å²) in [6.45, 7) is 5.45. The molecule has 0 aromatic heterocycles. The largest absolute Gasteiger partial charge is 0.454 e. The first kappa shape index (κ1) is 8.95. The number of alkyl halides is 1. The van der Waals surface area contributed by atoms with E-state index in [4.69, 9.17) is 0 Å². The monoisotopic (exact) mass is 194 g/mol. The Balaban J connectivity index is 3.74. The molecule has 0 rings (SSSR count). The van der Waals surface area contributed by atoms with Crippen molar-refractivity contribution < 1.29 is 9.53 Å². The molecular weight excluding hydrogens is 184 g/mol. The smallest absolute Gasteiger partial charge is 0.312 e. The molecule has 0 radical (unpaired) electrons. The molecule has 3 heteroatoms. The average molecular weight is 195 g/mol. The van der Waals surface area contributed by atoms with Crippen molar-refractivity contribution in [3.63, 3.8) is 0 Å². The summed E-state index contributed by atoms with van der Waals surface area (Å²) in [5, 5.41) is 0. The highest BCUT2D eigenvalue weighted by atomic mass is 79.9. The molecule has 0 aliphatic carbocycles. The molecule has 0 atom stereocenters. The van der Waals surface area contributed by atoms with Crippen molar-refractivity contribution in [1.29, 1.82) is 0 Å². The van der Waals surface area contributed by atoms with Gasteiger partial charge in [-0.2, -0.15) is 0 Å². The van der Waals surface area contributed by atoms with Gasteiger partial charge in [0.15, 0.2) is 0 Å². The van der Waals surface area contributed by atoms with Crippen LogP contribution in [0.25, 0.3) is 0 Å². The van der Waals surface area contributed by atoms with Crippen molar-refractivity contribution in [2.75, 3.05) is 5.52 Å². The van der Waals surface area contributed by atoms with E-state index < -0.39 is 0 Å². The Bertz CT molecular complexity index is 104. The molecule has 0 aromatic carbocycles. The summed E-state index contributed by atoms with van der Waals surface area (Å²) in [5.74, 6) is -0.181. The van der Waals surface area contributed by atoms with Crippen LogP contribution in [-0.2, 0) is 9.53 Å². The van der Waals surface area contributed by atoms with Gasteiger partial charge >= 0.3 is 5.97 Å². The first-order valence-corrected chi connectivity index (χ1v) is 3.84. The fourth-order valence-electron chi connectivity index (χ4n) is 0.266. The first-order chi connectivity index (χ1) is 3.98. The zero-order chi connectivity index (χ0) is 7.49. The maximum atomic E-state index is 10.8. The minimum Gasteiger partial charge on any atom is -0.454 e. The van der Waals surface area contributed by atoms with E-state index in [9.17, 15) is 4.79 Å². The summed E-state index contributed by atoms with van der Waals surface area (Å²) in [4.78, 5) is 10.8. The van der Waals surface area contributed by atoms with Gasteiger partial charge in [-0.1, -0.05) is 0 Å². The van der Waals surface area contributed by atoms with Crippen LogP contribution in [0.5, 0.6) is 0 Å². The lowest BCUT2D eigenvalue weighted by Crippen LogP contribution is -2.22. The van der Waals surface area contributed by atoms with Crippen LogP contribution in [0.2, 0.25) is 0 Å². The van der Waals surface area contributed by atoms with Crippen molar-refractivity contribution in [3.8, 4) is 0 Å². The second-order valence-corrected chi connectivity index (χ2v) is 3.25. The van der Waals surface area contributed by atoms with Gasteiger partial charge < -0.3 is 4.74 Å². The van der Waals surface area contributed by atoms with E-state index in [-0.39, 0.29) is 16.9 Å². The predicted molar refractivity (Wildman–Crippen MR) is 39.3 cm³/mol. The second kappa shape index (κ2) is 3.20. The Labute approximate surface area is 63.7 Å². The summed E-state index contributed by atoms with van der Waals surface area (Å²) >= 11 is 3.00. The zero-order valence-corrected chi connectivity index (χ0v) is 7.49. The Morgan fingerprint density at radius 3 is 2.11 bits per heavy atom. The van der Waals surface area contributed by atoms with E-state index in [1.807, 2.05) is 20.8 Å². The second-order valence-electron chi connectivity index (χ2n) is 2.79. The number of carbonyl (C=O) groups is 1. The third-order valence-corrected chi connectivity index (χ3v) is 1.03. The number of hydrogen-bond acceptors (Lipinski definition) is 2. The summed E-state index contributed by atoms with van der Waals surface area (Å²) in [7, 11) is 0. The third kappa shape index (κ3) is 3.51. The van der Waals surface area contributed by atoms with E-state index in [2.05, 4.69) is 20.7 Å². The molecule has 54 valence electrons. The van der Waals surface area contributed by atoms with Crippen LogP contribution in [0.1, 0.15) is 20.8 Å². The molecule has 0 saturated carbocycles. The van der Waals surface area contributed by atoms with Gasteiger partial charge in [0, 0.05) is 0 Å². The van der Waals surface area contributed by atoms with Crippen molar-refractivity contribution >= 4 is 21.9 Å². The molecular formula is C6H11BrO2. The standard InChI is InChI=1S/C6H11BrO2/c1-6(2,3)5(8)9-4-7/h4H2,1-3H3. The van der Waals surface area contributed by atoms with Crippen LogP contribution in [0.4, 0.5) is 0 Å². The van der Waals surface area contributed by atoms with Crippen LogP contribution < -0.4 is 0 Å². The number of rotatable bonds is 1. The Kier molecular flexibility index (Phi) is 3.18. The van der Waals surface area contributed by atoms with E-state index in [0.29, 0.717) is 0 Å². The van der Waals surface area contributed by atoms with Gasteiger partial charge in [-0.25, -0.2) is 0 Å². The fraction of sp³-hybridized carbons (Fsp3) is 0.833. The summed E-state index contributed by atoms with van der Waals surface area (Å²) in [6.07, 6.45) is 0. The number of esters is 1. The normalized spacial score (nSPS) is 11.1. The maximum absolute atomic E-state index is 10.8. The molecule has 0 unspecified atom stereocenters. The zero-order valence-electron chi connectivity index (χ0n) is 5.90. The van der Waals surface area contributed by atoms with Crippen LogP contribution in [0, 0.1) is 5.41 Å². The van der Waals surface area contributed by atoms with Crippen molar-refractivity contribution in [2.45, 2.75) is 20.8 Å². The molecule has 2 nitrogen and oxygen atoms in total. The van der Waals surface area contributed by atoms with Gasteiger partial charge in [-0.15, -0.1) is 0 Å². The molecule has 0 saturated heterocycles. The highest BCUT2D eigenvalue weighted by molar-refractivity contribution is 9.09. The Hall–Kier alpha value is -0.0500. The van der Waals surface area contributed by atoms with Crippen molar-refractivity contribution in [2.24, 2.45) is 5.41 Å². The lowest BCUT2D eigenvalue weighted by atomic mass is 9.98. The van der Waals surface area contributed by atoms with Gasteiger partial charge in [0.25, 0.3) is 0 Å². The Morgan fingerprint density at radius 2 is 2.00 bits per heavy atom. The molecule has 0 fully saturated rings. The quantitative estimate of drug-likeness (QED) is 0.472.